The first-order valence-electron chi connectivity index (χ1n) is 5.67. The Hall–Kier alpha value is -1.32. The number of carbonyl (C=O) groups is 2. The predicted molar refractivity (Wildman–Crippen MR) is 59.2 cm³/mol. The van der Waals surface area contributed by atoms with Crippen LogP contribution in [0.4, 0.5) is 0 Å². The van der Waals surface area contributed by atoms with Crippen molar-refractivity contribution < 1.29 is 19.8 Å². The molecule has 0 aliphatic heterocycles. The minimum absolute atomic E-state index is 0.136. The van der Waals surface area contributed by atoms with Gasteiger partial charge >= 0.3 is 11.9 Å². The second-order valence-electron chi connectivity index (χ2n) is 4.36. The van der Waals surface area contributed by atoms with Gasteiger partial charge in [0.05, 0.1) is 6.42 Å². The van der Waals surface area contributed by atoms with E-state index in [1.54, 1.807) is 0 Å². The lowest BCUT2D eigenvalue weighted by atomic mass is 9.80. The Morgan fingerprint density at radius 3 is 2.12 bits per heavy atom. The molecule has 1 aliphatic rings. The molecule has 0 radical (unpaired) electrons. The van der Waals surface area contributed by atoms with Crippen molar-refractivity contribution in [2.45, 2.75) is 45.4 Å². The zero-order valence-corrected chi connectivity index (χ0v) is 9.53. The maximum Gasteiger partial charge on any atom is 0.331 e. The van der Waals surface area contributed by atoms with E-state index >= 15 is 0 Å². The van der Waals surface area contributed by atoms with Gasteiger partial charge in [-0.05, 0) is 31.3 Å². The highest BCUT2D eigenvalue weighted by Crippen LogP contribution is 2.33. The van der Waals surface area contributed by atoms with Crippen LogP contribution in [0.2, 0.25) is 0 Å². The highest BCUT2D eigenvalue weighted by molar-refractivity contribution is 5.88. The van der Waals surface area contributed by atoms with Crippen molar-refractivity contribution >= 4 is 11.9 Å². The summed E-state index contributed by atoms with van der Waals surface area (Å²) in [5.74, 6) is -1.79. The number of aliphatic carboxylic acids is 2. The van der Waals surface area contributed by atoms with E-state index in [0.717, 1.165) is 25.7 Å². The lowest BCUT2D eigenvalue weighted by Gasteiger charge is -2.24. The Balaban J connectivity index is 2.89. The average Bonchev–Trinajstić information content (AvgIpc) is 2.26. The summed E-state index contributed by atoms with van der Waals surface area (Å²) in [7, 11) is 0. The second kappa shape index (κ2) is 5.68. The third-order valence-corrected chi connectivity index (χ3v) is 3.24. The zero-order valence-electron chi connectivity index (χ0n) is 9.53. The van der Waals surface area contributed by atoms with Crippen LogP contribution in [-0.2, 0) is 9.59 Å². The molecule has 0 aromatic heterocycles. The molecule has 1 saturated carbocycles. The van der Waals surface area contributed by atoms with Gasteiger partial charge in [0.2, 0.25) is 0 Å². The van der Waals surface area contributed by atoms with Crippen molar-refractivity contribution in [2.24, 2.45) is 5.92 Å². The topological polar surface area (TPSA) is 74.6 Å². The summed E-state index contributed by atoms with van der Waals surface area (Å²) in [4.78, 5) is 21.7. The van der Waals surface area contributed by atoms with E-state index in [4.69, 9.17) is 10.2 Å². The van der Waals surface area contributed by atoms with Gasteiger partial charge in [-0.15, -0.1) is 0 Å². The Bertz CT molecular complexity index is 311. The minimum atomic E-state index is -0.998. The molecule has 1 fully saturated rings. The first-order chi connectivity index (χ1) is 7.52. The van der Waals surface area contributed by atoms with Crippen molar-refractivity contribution in [1.82, 2.24) is 0 Å². The number of rotatable bonds is 4. The third-order valence-electron chi connectivity index (χ3n) is 3.24. The van der Waals surface area contributed by atoms with Crippen molar-refractivity contribution in [3.05, 3.63) is 11.1 Å². The van der Waals surface area contributed by atoms with Crippen molar-refractivity contribution in [3.63, 3.8) is 0 Å². The van der Waals surface area contributed by atoms with E-state index in [2.05, 4.69) is 0 Å². The molecule has 0 heterocycles. The molecular weight excluding hydrogens is 208 g/mol. The van der Waals surface area contributed by atoms with E-state index in [1.165, 1.54) is 13.3 Å². The van der Waals surface area contributed by atoms with Crippen LogP contribution in [0.5, 0.6) is 0 Å². The molecule has 0 aromatic rings. The molecule has 0 saturated heterocycles. The number of hydrogen-bond acceptors (Lipinski definition) is 2. The molecule has 16 heavy (non-hydrogen) atoms. The van der Waals surface area contributed by atoms with Gasteiger partial charge in [-0.25, -0.2) is 4.79 Å². The van der Waals surface area contributed by atoms with E-state index in [9.17, 15) is 9.59 Å². The molecule has 1 rings (SSSR count). The fourth-order valence-corrected chi connectivity index (χ4v) is 2.33. The molecule has 0 amide bonds. The molecule has 0 spiro atoms. The monoisotopic (exact) mass is 226 g/mol. The summed E-state index contributed by atoms with van der Waals surface area (Å²) >= 11 is 0. The predicted octanol–water partition coefficient (Wildman–Crippen LogP) is 2.44. The molecule has 2 N–H and O–H groups in total. The standard InChI is InChI=1S/C12H18O4/c1-8(12(15)16)10(7-11(13)14)9-5-3-2-4-6-9/h9H,2-7H2,1H3,(H,13,14)(H,15,16). The van der Waals surface area contributed by atoms with Gasteiger partial charge in [0.15, 0.2) is 0 Å². The van der Waals surface area contributed by atoms with Gasteiger partial charge in [-0.3, -0.25) is 4.79 Å². The minimum Gasteiger partial charge on any atom is -0.481 e. The molecule has 4 heteroatoms. The fourth-order valence-electron chi connectivity index (χ4n) is 2.33. The maximum absolute atomic E-state index is 10.9. The molecule has 0 bridgehead atoms. The van der Waals surface area contributed by atoms with Crippen LogP contribution in [0, 0.1) is 5.92 Å². The molecular formula is C12H18O4. The Morgan fingerprint density at radius 1 is 1.12 bits per heavy atom. The fraction of sp³-hybridized carbons (Fsp3) is 0.667. The molecule has 4 nitrogen and oxygen atoms in total. The summed E-state index contributed by atoms with van der Waals surface area (Å²) in [6.45, 7) is 1.51. The first kappa shape index (κ1) is 12.7. The summed E-state index contributed by atoms with van der Waals surface area (Å²) in [6.07, 6.45) is 5.02. The van der Waals surface area contributed by atoms with Crippen LogP contribution in [0.1, 0.15) is 45.4 Å². The van der Waals surface area contributed by atoms with Gasteiger partial charge in [0.1, 0.15) is 0 Å². The number of carboxylic acids is 2. The van der Waals surface area contributed by atoms with E-state index in [-0.39, 0.29) is 17.9 Å². The van der Waals surface area contributed by atoms with E-state index < -0.39 is 11.9 Å². The van der Waals surface area contributed by atoms with E-state index in [0.29, 0.717) is 5.57 Å². The van der Waals surface area contributed by atoms with Crippen LogP contribution in [0.25, 0.3) is 0 Å². The van der Waals surface area contributed by atoms with Gasteiger partial charge < -0.3 is 10.2 Å². The van der Waals surface area contributed by atoms with Crippen molar-refractivity contribution in [2.75, 3.05) is 0 Å². The number of carboxylic acid groups (broad SMARTS) is 2. The Kier molecular flexibility index (Phi) is 4.52. The van der Waals surface area contributed by atoms with E-state index in [1.807, 2.05) is 0 Å². The first-order valence-corrected chi connectivity index (χ1v) is 5.67. The van der Waals surface area contributed by atoms with Crippen LogP contribution < -0.4 is 0 Å². The zero-order chi connectivity index (χ0) is 12.1. The molecule has 0 atom stereocenters. The molecule has 90 valence electrons. The lowest BCUT2D eigenvalue weighted by molar-refractivity contribution is -0.136. The van der Waals surface area contributed by atoms with Crippen LogP contribution in [-0.4, -0.2) is 22.2 Å². The van der Waals surface area contributed by atoms with Gasteiger partial charge in [-0.2, -0.15) is 0 Å². The molecule has 1 aliphatic carbocycles. The number of hydrogen-bond donors (Lipinski definition) is 2. The quantitative estimate of drug-likeness (QED) is 0.722. The lowest BCUT2D eigenvalue weighted by Crippen LogP contribution is -2.16. The average molecular weight is 226 g/mol. The highest BCUT2D eigenvalue weighted by Gasteiger charge is 2.23. The molecule has 0 aromatic carbocycles. The SMILES string of the molecule is CC(C(=O)O)=C(CC(=O)O)C1CCCCC1. The van der Waals surface area contributed by atoms with Crippen molar-refractivity contribution in [3.8, 4) is 0 Å². The Labute approximate surface area is 95.0 Å². The molecule has 0 unspecified atom stereocenters. The Morgan fingerprint density at radius 2 is 1.69 bits per heavy atom. The van der Waals surface area contributed by atoms with Crippen LogP contribution >= 0.6 is 0 Å². The normalized spacial score (nSPS) is 19.1. The van der Waals surface area contributed by atoms with Crippen LogP contribution in [0.15, 0.2) is 11.1 Å². The maximum atomic E-state index is 10.9. The largest absolute Gasteiger partial charge is 0.481 e. The third kappa shape index (κ3) is 3.36. The van der Waals surface area contributed by atoms with Gasteiger partial charge in [0.25, 0.3) is 0 Å². The summed E-state index contributed by atoms with van der Waals surface area (Å²) in [6, 6.07) is 0. The smallest absolute Gasteiger partial charge is 0.331 e. The van der Waals surface area contributed by atoms with Gasteiger partial charge in [0, 0.05) is 5.57 Å². The van der Waals surface area contributed by atoms with Crippen LogP contribution in [0.3, 0.4) is 0 Å². The summed E-state index contributed by atoms with van der Waals surface area (Å²) < 4.78 is 0. The summed E-state index contributed by atoms with van der Waals surface area (Å²) in [5.41, 5.74) is 0.828. The highest BCUT2D eigenvalue weighted by atomic mass is 16.4. The van der Waals surface area contributed by atoms with Gasteiger partial charge in [-0.1, -0.05) is 19.3 Å². The summed E-state index contributed by atoms with van der Waals surface area (Å²) in [5, 5.41) is 17.8. The second-order valence-corrected chi connectivity index (χ2v) is 4.36. The van der Waals surface area contributed by atoms with Crippen molar-refractivity contribution in [1.29, 1.82) is 0 Å².